The Balaban J connectivity index is 1.48. The molecule has 3 aromatic rings. The molecule has 8 nitrogen and oxygen atoms in total. The van der Waals surface area contributed by atoms with E-state index in [1.807, 2.05) is 42.5 Å². The number of carbonyl (C=O) groups excluding carboxylic acids is 2. The lowest BCUT2D eigenvalue weighted by atomic mass is 9.99. The van der Waals surface area contributed by atoms with Crippen LogP contribution in [-0.4, -0.2) is 43.5 Å². The highest BCUT2D eigenvalue weighted by Crippen LogP contribution is 2.40. The number of benzene rings is 2. The Morgan fingerprint density at radius 2 is 2.12 bits per heavy atom. The van der Waals surface area contributed by atoms with Gasteiger partial charge in [-0.15, -0.1) is 0 Å². The summed E-state index contributed by atoms with van der Waals surface area (Å²) in [7, 11) is 1.64. The van der Waals surface area contributed by atoms with Crippen molar-refractivity contribution in [3.05, 3.63) is 53.6 Å². The third-order valence-corrected chi connectivity index (χ3v) is 6.11. The predicted molar refractivity (Wildman–Crippen MR) is 122 cm³/mol. The van der Waals surface area contributed by atoms with E-state index in [2.05, 4.69) is 10.5 Å². The lowest BCUT2D eigenvalue weighted by Gasteiger charge is -2.15. The van der Waals surface area contributed by atoms with Crippen LogP contribution in [0, 0.1) is 0 Å². The summed E-state index contributed by atoms with van der Waals surface area (Å²) in [4.78, 5) is 25.3. The molecule has 0 spiro atoms. The number of aryl methyl sites for hydroxylation is 1. The van der Waals surface area contributed by atoms with E-state index in [0.29, 0.717) is 13.1 Å². The number of nitrogens with one attached hydrogen (secondary N) is 1. The highest BCUT2D eigenvalue weighted by atomic mass is 16.6. The number of rotatable bonds is 5. The zero-order chi connectivity index (χ0) is 22.9. The van der Waals surface area contributed by atoms with E-state index in [1.54, 1.807) is 12.0 Å². The average molecular weight is 447 g/mol. The number of cyclic esters (lactones) is 1. The van der Waals surface area contributed by atoms with Crippen LogP contribution in [0.25, 0.3) is 22.6 Å². The number of hydrogen-bond donors (Lipinski definition) is 1. The summed E-state index contributed by atoms with van der Waals surface area (Å²) >= 11 is 0. The Hall–Kier alpha value is -3.81. The van der Waals surface area contributed by atoms with Crippen LogP contribution in [0.4, 0.5) is 10.5 Å². The maximum atomic E-state index is 12.5. The van der Waals surface area contributed by atoms with Crippen molar-refractivity contribution in [2.45, 2.75) is 32.3 Å². The Morgan fingerprint density at radius 1 is 1.24 bits per heavy atom. The van der Waals surface area contributed by atoms with Crippen LogP contribution in [-0.2, 0) is 22.4 Å². The van der Waals surface area contributed by atoms with Crippen LogP contribution >= 0.6 is 0 Å². The number of anilines is 1. The summed E-state index contributed by atoms with van der Waals surface area (Å²) in [5.74, 6) is 1.35. The van der Waals surface area contributed by atoms with Gasteiger partial charge in [-0.25, -0.2) is 4.79 Å². The zero-order valence-electron chi connectivity index (χ0n) is 18.6. The van der Waals surface area contributed by atoms with Gasteiger partial charge in [-0.3, -0.25) is 9.69 Å². The molecule has 1 aliphatic carbocycles. The van der Waals surface area contributed by atoms with Gasteiger partial charge >= 0.3 is 6.09 Å². The molecular formula is C25H25N3O5. The van der Waals surface area contributed by atoms with Gasteiger partial charge in [0.05, 0.1) is 20.2 Å². The second kappa shape index (κ2) is 8.61. The number of fused-ring (bicyclic) bond motifs is 3. The van der Waals surface area contributed by atoms with Crippen LogP contribution < -0.4 is 15.0 Å². The average Bonchev–Trinajstić information content (AvgIpc) is 3.36. The Bertz CT molecular complexity index is 1220. The van der Waals surface area contributed by atoms with Crippen LogP contribution in [0.15, 0.2) is 47.0 Å². The van der Waals surface area contributed by atoms with Gasteiger partial charge < -0.3 is 19.3 Å². The molecule has 0 bridgehead atoms. The van der Waals surface area contributed by atoms with Gasteiger partial charge in [-0.2, -0.15) is 0 Å². The molecule has 2 aromatic carbocycles. The number of amides is 2. The van der Waals surface area contributed by atoms with Gasteiger partial charge in [0.1, 0.15) is 17.5 Å². The highest BCUT2D eigenvalue weighted by molar-refractivity contribution is 5.91. The summed E-state index contributed by atoms with van der Waals surface area (Å²) in [5.41, 5.74) is 5.66. The van der Waals surface area contributed by atoms with E-state index < -0.39 is 6.09 Å². The highest BCUT2D eigenvalue weighted by Gasteiger charge is 2.33. The first-order valence-corrected chi connectivity index (χ1v) is 11.0. The minimum Gasteiger partial charge on any atom is -0.497 e. The molecule has 0 saturated carbocycles. The second-order valence-electron chi connectivity index (χ2n) is 8.32. The van der Waals surface area contributed by atoms with Gasteiger partial charge in [-0.05, 0) is 49.1 Å². The molecule has 2 amide bonds. The summed E-state index contributed by atoms with van der Waals surface area (Å²) in [6.45, 7) is 2.10. The first-order valence-electron chi connectivity index (χ1n) is 11.0. The van der Waals surface area contributed by atoms with Gasteiger partial charge in [0, 0.05) is 29.3 Å². The molecular weight excluding hydrogens is 422 g/mol. The van der Waals surface area contributed by atoms with Gasteiger partial charge in [0.2, 0.25) is 5.91 Å². The number of hydrogen-bond acceptors (Lipinski definition) is 6. The monoisotopic (exact) mass is 447 g/mol. The fraction of sp³-hybridized carbons (Fsp3) is 0.320. The van der Waals surface area contributed by atoms with Gasteiger partial charge in [-0.1, -0.05) is 23.4 Å². The predicted octanol–water partition coefficient (Wildman–Crippen LogP) is 3.97. The van der Waals surface area contributed by atoms with E-state index >= 15 is 0 Å². The number of nitrogens with zero attached hydrogens (tertiary/aromatic N) is 2. The first-order chi connectivity index (χ1) is 16.0. The summed E-state index contributed by atoms with van der Waals surface area (Å²) in [6, 6.07) is 13.7. The third kappa shape index (κ3) is 4.04. The normalized spacial score (nSPS) is 17.1. The van der Waals surface area contributed by atoms with Gasteiger partial charge in [0.15, 0.2) is 5.76 Å². The van der Waals surface area contributed by atoms with Crippen molar-refractivity contribution in [3.63, 3.8) is 0 Å². The SMILES string of the molecule is COc1cccc(-c2noc3c2CCCc2ccc(N4C[C@H](CNC(C)=O)OC4=O)cc2-3)c1. The lowest BCUT2D eigenvalue weighted by molar-refractivity contribution is -0.119. The molecule has 0 unspecified atom stereocenters. The topological polar surface area (TPSA) is 93.9 Å². The van der Waals surface area contributed by atoms with Crippen molar-refractivity contribution in [1.29, 1.82) is 0 Å². The van der Waals surface area contributed by atoms with Crippen LogP contribution in [0.2, 0.25) is 0 Å². The fourth-order valence-electron chi connectivity index (χ4n) is 4.46. The maximum Gasteiger partial charge on any atom is 0.414 e. The number of carbonyl (C=O) groups is 2. The molecule has 1 aromatic heterocycles. The largest absolute Gasteiger partial charge is 0.497 e. The van der Waals surface area contributed by atoms with Crippen LogP contribution in [0.5, 0.6) is 5.75 Å². The molecule has 1 N–H and O–H groups in total. The number of aromatic nitrogens is 1. The summed E-state index contributed by atoms with van der Waals surface area (Å²) in [6.07, 6.45) is 1.92. The molecule has 8 heteroatoms. The quantitative estimate of drug-likeness (QED) is 0.636. The van der Waals surface area contributed by atoms with E-state index in [9.17, 15) is 9.59 Å². The van der Waals surface area contributed by atoms with Crippen molar-refractivity contribution in [2.75, 3.05) is 25.1 Å². The molecule has 2 aliphatic rings. The summed E-state index contributed by atoms with van der Waals surface area (Å²) in [5, 5.41) is 7.11. The van der Waals surface area contributed by atoms with Crippen LogP contribution in [0.1, 0.15) is 24.5 Å². The Morgan fingerprint density at radius 3 is 2.94 bits per heavy atom. The van der Waals surface area contributed by atoms with Crippen molar-refractivity contribution < 1.29 is 23.6 Å². The van der Waals surface area contributed by atoms with Crippen molar-refractivity contribution in [2.24, 2.45) is 0 Å². The van der Waals surface area contributed by atoms with Crippen molar-refractivity contribution in [3.8, 4) is 28.3 Å². The Labute approximate surface area is 191 Å². The molecule has 0 radical (unpaired) electrons. The minimum atomic E-state index is -0.422. The molecule has 5 rings (SSSR count). The second-order valence-corrected chi connectivity index (χ2v) is 8.32. The zero-order valence-corrected chi connectivity index (χ0v) is 18.6. The molecule has 33 heavy (non-hydrogen) atoms. The number of ether oxygens (including phenoxy) is 2. The van der Waals surface area contributed by atoms with E-state index in [0.717, 1.165) is 64.4 Å². The third-order valence-electron chi connectivity index (χ3n) is 6.11. The van der Waals surface area contributed by atoms with Crippen molar-refractivity contribution in [1.82, 2.24) is 10.5 Å². The van der Waals surface area contributed by atoms with Crippen molar-refractivity contribution >= 4 is 17.7 Å². The first kappa shape index (κ1) is 21.1. The summed E-state index contributed by atoms with van der Waals surface area (Å²) < 4.78 is 16.7. The van der Waals surface area contributed by atoms with E-state index in [1.165, 1.54) is 6.92 Å². The molecule has 2 heterocycles. The minimum absolute atomic E-state index is 0.154. The number of methoxy groups -OCH3 is 1. The van der Waals surface area contributed by atoms with Crippen LogP contribution in [0.3, 0.4) is 0 Å². The molecule has 1 atom stereocenters. The van der Waals surface area contributed by atoms with E-state index in [4.69, 9.17) is 14.0 Å². The lowest BCUT2D eigenvalue weighted by Crippen LogP contribution is -2.33. The molecule has 1 fully saturated rings. The van der Waals surface area contributed by atoms with E-state index in [-0.39, 0.29) is 12.0 Å². The van der Waals surface area contributed by atoms with Gasteiger partial charge in [0.25, 0.3) is 0 Å². The Kier molecular flexibility index (Phi) is 5.50. The maximum absolute atomic E-state index is 12.5. The standard InChI is InChI=1S/C25H25N3O5/c1-15(29)26-13-20-14-28(25(30)32-20)18-10-9-16-5-4-8-21-23(27-33-24(21)22(16)12-18)17-6-3-7-19(11-17)31-2/h3,6-7,9-12,20H,4-5,8,13-14H2,1-2H3,(H,26,29)/t20-/m0/s1. The molecule has 1 aliphatic heterocycles. The smallest absolute Gasteiger partial charge is 0.414 e. The molecule has 170 valence electrons. The fourth-order valence-corrected chi connectivity index (χ4v) is 4.46. The molecule has 1 saturated heterocycles.